The molecule has 0 amide bonds. The van der Waals surface area contributed by atoms with E-state index < -0.39 is 0 Å². The molecule has 1 aromatic carbocycles. The van der Waals surface area contributed by atoms with E-state index in [2.05, 4.69) is 29.8 Å². The molecule has 0 radical (unpaired) electrons. The Morgan fingerprint density at radius 3 is 2.71 bits per heavy atom. The molecule has 78 valence electrons. The third kappa shape index (κ3) is 3.37. The maximum absolute atomic E-state index is 5.94. The van der Waals surface area contributed by atoms with Crippen molar-refractivity contribution in [3.8, 4) is 0 Å². The van der Waals surface area contributed by atoms with Crippen molar-refractivity contribution in [3.63, 3.8) is 0 Å². The topological polar surface area (TPSA) is 26.0 Å². The molecule has 0 spiro atoms. The quantitative estimate of drug-likeness (QED) is 0.659. The molecule has 2 N–H and O–H groups in total. The van der Waals surface area contributed by atoms with E-state index >= 15 is 0 Å². The Kier molecular flexibility index (Phi) is 4.61. The van der Waals surface area contributed by atoms with Gasteiger partial charge in [-0.25, -0.2) is 0 Å². The van der Waals surface area contributed by atoms with E-state index in [9.17, 15) is 0 Å². The molecule has 0 unspecified atom stereocenters. The van der Waals surface area contributed by atoms with Crippen LogP contribution in [0.5, 0.6) is 0 Å². The van der Waals surface area contributed by atoms with Gasteiger partial charge in [-0.2, -0.15) is 0 Å². The lowest BCUT2D eigenvalue weighted by molar-refractivity contribution is 0.750. The lowest BCUT2D eigenvalue weighted by atomic mass is 10.3. The van der Waals surface area contributed by atoms with Crippen LogP contribution in [-0.2, 0) is 0 Å². The number of thioether (sulfide) groups is 1. The maximum Gasteiger partial charge on any atom is 0.0647 e. The van der Waals surface area contributed by atoms with Crippen LogP contribution in [-0.4, -0.2) is 5.75 Å². The number of hydrogen-bond donors (Lipinski definition) is 1. The van der Waals surface area contributed by atoms with E-state index in [4.69, 9.17) is 17.3 Å². The van der Waals surface area contributed by atoms with Crippen molar-refractivity contribution >= 4 is 45.0 Å². The fraction of sp³-hybridized carbons (Fsp3) is 0.400. The molecule has 0 heterocycles. The summed E-state index contributed by atoms with van der Waals surface area (Å²) in [5, 5.41) is 0.624. The monoisotopic (exact) mass is 293 g/mol. The van der Waals surface area contributed by atoms with Crippen LogP contribution in [0.15, 0.2) is 21.5 Å². The van der Waals surface area contributed by atoms with Crippen LogP contribution in [0.25, 0.3) is 0 Å². The second-order valence-electron chi connectivity index (χ2n) is 3.51. The smallest absolute Gasteiger partial charge is 0.0647 e. The summed E-state index contributed by atoms with van der Waals surface area (Å²) in [6.45, 7) is 4.39. The minimum atomic E-state index is 0.618. The number of nitrogens with two attached hydrogens (primary N) is 1. The van der Waals surface area contributed by atoms with Crippen molar-refractivity contribution in [2.45, 2.75) is 18.7 Å². The first-order valence-corrected chi connectivity index (χ1v) is 6.53. The number of hydrogen-bond acceptors (Lipinski definition) is 2. The van der Waals surface area contributed by atoms with Crippen molar-refractivity contribution < 1.29 is 0 Å². The van der Waals surface area contributed by atoms with Crippen LogP contribution in [0.3, 0.4) is 0 Å². The zero-order chi connectivity index (χ0) is 10.7. The number of halogens is 2. The standard InChI is InChI=1S/C10H13BrClNS/c1-6(2)5-14-10-4-8(12)9(13)3-7(10)11/h3-4,6H,5,13H2,1-2H3. The SMILES string of the molecule is CC(C)CSc1cc(Cl)c(N)cc1Br. The molecule has 0 aliphatic carbocycles. The highest BCUT2D eigenvalue weighted by molar-refractivity contribution is 9.10. The fourth-order valence-corrected chi connectivity index (χ4v) is 2.75. The van der Waals surface area contributed by atoms with Crippen LogP contribution < -0.4 is 5.73 Å². The molecular weight excluding hydrogens is 282 g/mol. The molecule has 0 aliphatic rings. The Balaban J connectivity index is 2.82. The molecule has 0 saturated heterocycles. The van der Waals surface area contributed by atoms with Gasteiger partial charge in [0.15, 0.2) is 0 Å². The number of anilines is 1. The highest BCUT2D eigenvalue weighted by atomic mass is 79.9. The van der Waals surface area contributed by atoms with Gasteiger partial charge in [0.2, 0.25) is 0 Å². The molecular formula is C10H13BrClNS. The van der Waals surface area contributed by atoms with Gasteiger partial charge in [-0.1, -0.05) is 25.4 Å². The normalized spacial score (nSPS) is 10.9. The van der Waals surface area contributed by atoms with E-state index in [1.54, 1.807) is 11.8 Å². The largest absolute Gasteiger partial charge is 0.397 e. The first kappa shape index (κ1) is 12.2. The molecule has 0 aromatic heterocycles. The van der Waals surface area contributed by atoms with Gasteiger partial charge in [0.05, 0.1) is 10.7 Å². The second kappa shape index (κ2) is 5.29. The summed E-state index contributed by atoms with van der Waals surface area (Å²) in [6.07, 6.45) is 0. The van der Waals surface area contributed by atoms with E-state index in [-0.39, 0.29) is 0 Å². The third-order valence-corrected chi connectivity index (χ3v) is 4.35. The Hall–Kier alpha value is 0.140. The van der Waals surface area contributed by atoms with Crippen LogP contribution >= 0.6 is 39.3 Å². The molecule has 1 aromatic rings. The minimum absolute atomic E-state index is 0.618. The number of benzene rings is 1. The molecule has 0 bridgehead atoms. The third-order valence-electron chi connectivity index (χ3n) is 1.62. The molecule has 1 nitrogen and oxygen atoms in total. The molecule has 4 heteroatoms. The van der Waals surface area contributed by atoms with Gasteiger partial charge in [-0.15, -0.1) is 11.8 Å². The van der Waals surface area contributed by atoms with Crippen molar-refractivity contribution in [1.82, 2.24) is 0 Å². The number of nitrogen functional groups attached to an aromatic ring is 1. The first-order valence-electron chi connectivity index (χ1n) is 4.38. The van der Waals surface area contributed by atoms with Gasteiger partial charge in [0.1, 0.15) is 0 Å². The zero-order valence-electron chi connectivity index (χ0n) is 8.18. The minimum Gasteiger partial charge on any atom is -0.397 e. The average molecular weight is 295 g/mol. The summed E-state index contributed by atoms with van der Waals surface area (Å²) in [7, 11) is 0. The van der Waals surface area contributed by atoms with Crippen LogP contribution in [0, 0.1) is 5.92 Å². The summed E-state index contributed by atoms with van der Waals surface area (Å²) >= 11 is 11.2. The van der Waals surface area contributed by atoms with Gasteiger partial charge >= 0.3 is 0 Å². The lowest BCUT2D eigenvalue weighted by Gasteiger charge is -2.08. The van der Waals surface area contributed by atoms with E-state index in [1.807, 2.05) is 12.1 Å². The number of rotatable bonds is 3. The van der Waals surface area contributed by atoms with Crippen molar-refractivity contribution in [2.24, 2.45) is 5.92 Å². The van der Waals surface area contributed by atoms with Crippen molar-refractivity contribution in [3.05, 3.63) is 21.6 Å². The van der Waals surface area contributed by atoms with Crippen LogP contribution in [0.1, 0.15) is 13.8 Å². The maximum atomic E-state index is 5.94. The first-order chi connectivity index (χ1) is 6.50. The van der Waals surface area contributed by atoms with E-state index in [0.717, 1.165) is 15.1 Å². The lowest BCUT2D eigenvalue weighted by Crippen LogP contribution is -1.92. The van der Waals surface area contributed by atoms with Gasteiger partial charge in [-0.05, 0) is 34.0 Å². The zero-order valence-corrected chi connectivity index (χ0v) is 11.3. The highest BCUT2D eigenvalue weighted by Gasteiger charge is 2.06. The Morgan fingerprint density at radius 2 is 2.14 bits per heavy atom. The van der Waals surface area contributed by atoms with Crippen molar-refractivity contribution in [2.75, 3.05) is 11.5 Å². The van der Waals surface area contributed by atoms with Crippen LogP contribution in [0.2, 0.25) is 5.02 Å². The van der Waals surface area contributed by atoms with E-state index in [0.29, 0.717) is 16.6 Å². The second-order valence-corrected chi connectivity index (χ2v) is 5.83. The highest BCUT2D eigenvalue weighted by Crippen LogP contribution is 2.34. The van der Waals surface area contributed by atoms with Gasteiger partial charge in [-0.3, -0.25) is 0 Å². The Bertz CT molecular complexity index is 328. The van der Waals surface area contributed by atoms with E-state index in [1.165, 1.54) is 0 Å². The molecule has 0 saturated carbocycles. The van der Waals surface area contributed by atoms with Crippen LogP contribution in [0.4, 0.5) is 5.69 Å². The van der Waals surface area contributed by atoms with Gasteiger partial charge in [0.25, 0.3) is 0 Å². The summed E-state index contributed by atoms with van der Waals surface area (Å²) in [5.74, 6) is 1.75. The molecule has 0 atom stereocenters. The van der Waals surface area contributed by atoms with Gasteiger partial charge < -0.3 is 5.73 Å². The Morgan fingerprint density at radius 1 is 1.50 bits per heavy atom. The average Bonchev–Trinajstić information content (AvgIpc) is 2.09. The summed E-state index contributed by atoms with van der Waals surface area (Å²) in [4.78, 5) is 1.15. The molecule has 1 rings (SSSR count). The summed E-state index contributed by atoms with van der Waals surface area (Å²) in [5.41, 5.74) is 6.29. The predicted octanol–water partition coefficient (Wildman–Crippen LogP) is 4.43. The summed E-state index contributed by atoms with van der Waals surface area (Å²) in [6, 6.07) is 3.76. The van der Waals surface area contributed by atoms with Crippen molar-refractivity contribution in [1.29, 1.82) is 0 Å². The molecule has 0 fully saturated rings. The predicted molar refractivity (Wildman–Crippen MR) is 69.1 cm³/mol. The molecule has 0 aliphatic heterocycles. The summed E-state index contributed by atoms with van der Waals surface area (Å²) < 4.78 is 1.02. The molecule has 14 heavy (non-hydrogen) atoms. The van der Waals surface area contributed by atoms with Gasteiger partial charge in [0, 0.05) is 15.1 Å². The fourth-order valence-electron chi connectivity index (χ4n) is 0.911. The Labute approximate surface area is 103 Å².